The summed E-state index contributed by atoms with van der Waals surface area (Å²) in [6, 6.07) is 10.3. The molecule has 0 aliphatic heterocycles. The lowest BCUT2D eigenvalue weighted by Crippen LogP contribution is -2.24. The molecule has 0 bridgehead atoms. The van der Waals surface area contributed by atoms with Crippen LogP contribution in [0.5, 0.6) is 0 Å². The van der Waals surface area contributed by atoms with E-state index < -0.39 is 0 Å². The quantitative estimate of drug-likeness (QED) is 0.892. The van der Waals surface area contributed by atoms with Crippen molar-refractivity contribution in [2.75, 3.05) is 0 Å². The molecular weight excluding hydrogens is 222 g/mol. The summed E-state index contributed by atoms with van der Waals surface area (Å²) in [6.07, 6.45) is 2.42. The fraction of sp³-hybridized carbons (Fsp3) is 0.438. The van der Waals surface area contributed by atoms with Crippen LogP contribution in [-0.2, 0) is 6.42 Å². The normalized spacial score (nSPS) is 14.9. The Balaban J connectivity index is 2.36. The Kier molecular flexibility index (Phi) is 3.97. The molecule has 1 aromatic carbocycles. The molecule has 0 aliphatic carbocycles. The molecule has 0 saturated carbocycles. The van der Waals surface area contributed by atoms with Crippen molar-refractivity contribution in [1.82, 2.24) is 4.98 Å². The monoisotopic (exact) mass is 243 g/mol. The summed E-state index contributed by atoms with van der Waals surface area (Å²) in [5.74, 6) is 0.738. The first-order valence-corrected chi connectivity index (χ1v) is 6.60. The number of hydrogen-bond donors (Lipinski definition) is 1. The van der Waals surface area contributed by atoms with Gasteiger partial charge >= 0.3 is 0 Å². The second-order valence-corrected chi connectivity index (χ2v) is 5.34. The minimum Gasteiger partial charge on any atom is -0.393 e. The van der Waals surface area contributed by atoms with Crippen molar-refractivity contribution in [1.29, 1.82) is 0 Å². The highest BCUT2D eigenvalue weighted by atomic mass is 16.3. The molecule has 0 spiro atoms. The highest BCUT2D eigenvalue weighted by Gasteiger charge is 2.20. The SMILES string of the molecule is CC(C)C(Cc1cccc2cccnc12)C(C)O. The molecule has 96 valence electrons. The lowest BCUT2D eigenvalue weighted by atomic mass is 9.85. The molecule has 1 aromatic heterocycles. The molecular formula is C16H21NO. The van der Waals surface area contributed by atoms with Gasteiger partial charge in [0.05, 0.1) is 11.6 Å². The van der Waals surface area contributed by atoms with Crippen LogP contribution in [0.4, 0.5) is 0 Å². The number of aromatic nitrogens is 1. The number of rotatable bonds is 4. The third-order valence-electron chi connectivity index (χ3n) is 3.65. The molecule has 0 saturated heterocycles. The summed E-state index contributed by atoms with van der Waals surface area (Å²) < 4.78 is 0. The van der Waals surface area contributed by atoms with Crippen molar-refractivity contribution < 1.29 is 5.11 Å². The number of aliphatic hydroxyl groups excluding tert-OH is 1. The zero-order valence-corrected chi connectivity index (χ0v) is 11.3. The summed E-state index contributed by atoms with van der Waals surface area (Å²) in [4.78, 5) is 4.47. The summed E-state index contributed by atoms with van der Waals surface area (Å²) in [7, 11) is 0. The van der Waals surface area contributed by atoms with Crippen LogP contribution in [-0.4, -0.2) is 16.2 Å². The fourth-order valence-electron chi connectivity index (χ4n) is 2.55. The number of benzene rings is 1. The largest absolute Gasteiger partial charge is 0.393 e. The Morgan fingerprint density at radius 3 is 2.50 bits per heavy atom. The highest BCUT2D eigenvalue weighted by molar-refractivity contribution is 5.81. The third-order valence-corrected chi connectivity index (χ3v) is 3.65. The minimum atomic E-state index is -0.288. The van der Waals surface area contributed by atoms with Crippen LogP contribution in [0.15, 0.2) is 36.5 Å². The lowest BCUT2D eigenvalue weighted by Gasteiger charge is -2.24. The maximum absolute atomic E-state index is 9.90. The molecule has 1 heterocycles. The van der Waals surface area contributed by atoms with Gasteiger partial charge < -0.3 is 5.11 Å². The zero-order valence-electron chi connectivity index (χ0n) is 11.3. The Morgan fingerprint density at radius 2 is 1.83 bits per heavy atom. The van der Waals surface area contributed by atoms with Gasteiger partial charge in [-0.2, -0.15) is 0 Å². The minimum absolute atomic E-state index is 0.276. The highest BCUT2D eigenvalue weighted by Crippen LogP contribution is 2.24. The third kappa shape index (κ3) is 2.70. The van der Waals surface area contributed by atoms with Crippen LogP contribution in [0.3, 0.4) is 0 Å². The predicted octanol–water partition coefficient (Wildman–Crippen LogP) is 3.43. The molecule has 2 unspecified atom stereocenters. The molecule has 2 aromatic rings. The molecule has 2 nitrogen and oxygen atoms in total. The topological polar surface area (TPSA) is 33.1 Å². The van der Waals surface area contributed by atoms with Gasteiger partial charge in [-0.15, -0.1) is 0 Å². The van der Waals surface area contributed by atoms with Gasteiger partial charge in [0.25, 0.3) is 0 Å². The van der Waals surface area contributed by atoms with Crippen LogP contribution in [0, 0.1) is 11.8 Å². The van der Waals surface area contributed by atoms with Gasteiger partial charge in [0.15, 0.2) is 0 Å². The van der Waals surface area contributed by atoms with Crippen LogP contribution >= 0.6 is 0 Å². The van der Waals surface area contributed by atoms with Gasteiger partial charge in [0, 0.05) is 11.6 Å². The van der Waals surface area contributed by atoms with Crippen molar-refractivity contribution in [3.05, 3.63) is 42.1 Å². The van der Waals surface area contributed by atoms with E-state index in [1.807, 2.05) is 19.2 Å². The van der Waals surface area contributed by atoms with Crippen LogP contribution in [0.2, 0.25) is 0 Å². The molecule has 0 aliphatic rings. The van der Waals surface area contributed by atoms with Gasteiger partial charge in [-0.05, 0) is 36.8 Å². The number of para-hydroxylation sites is 1. The first-order chi connectivity index (χ1) is 8.59. The van der Waals surface area contributed by atoms with Gasteiger partial charge in [0.2, 0.25) is 0 Å². The van der Waals surface area contributed by atoms with Gasteiger partial charge in [0.1, 0.15) is 0 Å². The summed E-state index contributed by atoms with van der Waals surface area (Å²) in [5, 5.41) is 11.1. The number of fused-ring (bicyclic) bond motifs is 1. The average Bonchev–Trinajstić information content (AvgIpc) is 2.35. The second-order valence-electron chi connectivity index (χ2n) is 5.34. The molecule has 2 heteroatoms. The van der Waals surface area contributed by atoms with Crippen molar-refractivity contribution in [3.63, 3.8) is 0 Å². The van der Waals surface area contributed by atoms with Crippen LogP contribution in [0.25, 0.3) is 10.9 Å². The van der Waals surface area contributed by atoms with E-state index in [-0.39, 0.29) is 12.0 Å². The molecule has 2 rings (SSSR count). The van der Waals surface area contributed by atoms with E-state index in [9.17, 15) is 5.11 Å². The van der Waals surface area contributed by atoms with E-state index in [1.165, 1.54) is 10.9 Å². The van der Waals surface area contributed by atoms with E-state index >= 15 is 0 Å². The molecule has 0 radical (unpaired) electrons. The van der Waals surface area contributed by atoms with E-state index in [0.29, 0.717) is 5.92 Å². The number of nitrogens with zero attached hydrogens (tertiary/aromatic N) is 1. The molecule has 0 fully saturated rings. The molecule has 0 amide bonds. The van der Waals surface area contributed by atoms with Crippen LogP contribution < -0.4 is 0 Å². The first kappa shape index (κ1) is 13.0. The number of pyridine rings is 1. The van der Waals surface area contributed by atoms with Crippen molar-refractivity contribution >= 4 is 10.9 Å². The second kappa shape index (κ2) is 5.49. The van der Waals surface area contributed by atoms with Gasteiger partial charge in [-0.25, -0.2) is 0 Å². The lowest BCUT2D eigenvalue weighted by molar-refractivity contribution is 0.0979. The predicted molar refractivity (Wildman–Crippen MR) is 75.5 cm³/mol. The number of hydrogen-bond acceptors (Lipinski definition) is 2. The zero-order chi connectivity index (χ0) is 13.1. The van der Waals surface area contributed by atoms with E-state index in [2.05, 4.69) is 43.1 Å². The maximum Gasteiger partial charge on any atom is 0.0734 e. The smallest absolute Gasteiger partial charge is 0.0734 e. The summed E-state index contributed by atoms with van der Waals surface area (Å²) >= 11 is 0. The Labute approximate surface area is 109 Å². The Hall–Kier alpha value is -1.41. The fourth-order valence-corrected chi connectivity index (χ4v) is 2.55. The summed E-state index contributed by atoms with van der Waals surface area (Å²) in [5.41, 5.74) is 2.29. The summed E-state index contributed by atoms with van der Waals surface area (Å²) in [6.45, 7) is 6.20. The standard InChI is InChI=1S/C16H21NO/c1-11(2)15(12(3)18)10-14-7-4-6-13-8-5-9-17-16(13)14/h4-9,11-12,15,18H,10H2,1-3H3. The molecule has 18 heavy (non-hydrogen) atoms. The molecule has 2 atom stereocenters. The maximum atomic E-state index is 9.90. The number of aliphatic hydroxyl groups is 1. The first-order valence-electron chi connectivity index (χ1n) is 6.60. The Morgan fingerprint density at radius 1 is 1.11 bits per heavy atom. The van der Waals surface area contributed by atoms with Gasteiger partial charge in [-0.3, -0.25) is 4.98 Å². The van der Waals surface area contributed by atoms with E-state index in [0.717, 1.165) is 11.9 Å². The van der Waals surface area contributed by atoms with E-state index in [1.54, 1.807) is 0 Å². The molecule has 1 N–H and O–H groups in total. The van der Waals surface area contributed by atoms with Gasteiger partial charge in [-0.1, -0.05) is 38.1 Å². The van der Waals surface area contributed by atoms with Crippen molar-refractivity contribution in [2.24, 2.45) is 11.8 Å². The van der Waals surface area contributed by atoms with Crippen LogP contribution in [0.1, 0.15) is 26.3 Å². The van der Waals surface area contributed by atoms with Crippen molar-refractivity contribution in [3.8, 4) is 0 Å². The van der Waals surface area contributed by atoms with E-state index in [4.69, 9.17) is 0 Å². The average molecular weight is 243 g/mol. The van der Waals surface area contributed by atoms with Crippen molar-refractivity contribution in [2.45, 2.75) is 33.3 Å². The Bertz CT molecular complexity index is 506.